The Kier molecular flexibility index (Phi) is 3.95. The summed E-state index contributed by atoms with van der Waals surface area (Å²) >= 11 is 0. The van der Waals surface area contributed by atoms with Gasteiger partial charge >= 0.3 is 0 Å². The standard InChI is InChI=1S/C11H15Si/c1-3-8-12-9-11-7-5-4-6-10(11)2/h4-7,9H,3,8H2,1-2H3. The summed E-state index contributed by atoms with van der Waals surface area (Å²) in [5, 5.41) is 0. The molecular formula is C11H15Si. The summed E-state index contributed by atoms with van der Waals surface area (Å²) in [6, 6.07) is 9.89. The van der Waals surface area contributed by atoms with E-state index in [1.807, 2.05) is 0 Å². The normalized spacial score (nSPS) is 10.8. The van der Waals surface area contributed by atoms with Gasteiger partial charge in [0, 0.05) is 9.13 Å². The van der Waals surface area contributed by atoms with Gasteiger partial charge in [-0.25, -0.2) is 0 Å². The van der Waals surface area contributed by atoms with Crippen LogP contribution in [0.4, 0.5) is 0 Å². The molecule has 12 heavy (non-hydrogen) atoms. The summed E-state index contributed by atoms with van der Waals surface area (Å²) in [5.74, 6) is 0. The number of rotatable bonds is 3. The first kappa shape index (κ1) is 9.40. The van der Waals surface area contributed by atoms with Crippen molar-refractivity contribution in [3.63, 3.8) is 0 Å². The van der Waals surface area contributed by atoms with E-state index in [0.717, 1.165) is 9.13 Å². The van der Waals surface area contributed by atoms with E-state index >= 15 is 0 Å². The lowest BCUT2D eigenvalue weighted by molar-refractivity contribution is 1.08. The number of hydrogen-bond acceptors (Lipinski definition) is 0. The van der Waals surface area contributed by atoms with Crippen LogP contribution in [0.1, 0.15) is 24.5 Å². The fraction of sp³-hybridized carbons (Fsp3) is 0.364. The van der Waals surface area contributed by atoms with Crippen molar-refractivity contribution in [2.24, 2.45) is 0 Å². The second-order valence-electron chi connectivity index (χ2n) is 2.96. The van der Waals surface area contributed by atoms with Crippen LogP contribution in [0, 0.1) is 6.92 Å². The van der Waals surface area contributed by atoms with Gasteiger partial charge in [-0.05, 0) is 24.1 Å². The second kappa shape index (κ2) is 5.04. The predicted octanol–water partition coefficient (Wildman–Crippen LogP) is 2.68. The van der Waals surface area contributed by atoms with Crippen molar-refractivity contribution in [1.29, 1.82) is 0 Å². The molecular weight excluding hydrogens is 160 g/mol. The number of hydrogen-bond donors (Lipinski definition) is 0. The van der Waals surface area contributed by atoms with Crippen LogP contribution in [-0.2, 0) is 0 Å². The van der Waals surface area contributed by atoms with E-state index in [9.17, 15) is 0 Å². The van der Waals surface area contributed by atoms with Crippen molar-refractivity contribution >= 4 is 14.8 Å². The zero-order valence-electron chi connectivity index (χ0n) is 7.80. The quantitative estimate of drug-likeness (QED) is 0.620. The molecule has 0 spiro atoms. The molecule has 0 N–H and O–H groups in total. The van der Waals surface area contributed by atoms with Crippen molar-refractivity contribution in [2.45, 2.75) is 26.3 Å². The summed E-state index contributed by atoms with van der Waals surface area (Å²) < 4.78 is 0. The van der Waals surface area contributed by atoms with Gasteiger partial charge in [-0.3, -0.25) is 0 Å². The molecule has 0 heterocycles. The fourth-order valence-corrected chi connectivity index (χ4v) is 2.05. The minimum absolute atomic E-state index is 0.981. The Hall–Kier alpha value is -0.693. The summed E-state index contributed by atoms with van der Waals surface area (Å²) in [4.78, 5) is 0. The highest BCUT2D eigenvalue weighted by Crippen LogP contribution is 2.02. The van der Waals surface area contributed by atoms with Gasteiger partial charge in [0.15, 0.2) is 0 Å². The number of benzene rings is 1. The maximum atomic E-state index is 2.36. The van der Waals surface area contributed by atoms with Gasteiger partial charge in [0.05, 0.1) is 0 Å². The first-order valence-corrected chi connectivity index (χ1v) is 5.75. The highest BCUT2D eigenvalue weighted by molar-refractivity contribution is 6.50. The molecule has 0 aliphatic carbocycles. The molecule has 0 nitrogen and oxygen atoms in total. The molecule has 1 heteroatoms. The maximum absolute atomic E-state index is 2.36. The highest BCUT2D eigenvalue weighted by atomic mass is 28.2. The molecule has 0 saturated carbocycles. The van der Waals surface area contributed by atoms with E-state index in [4.69, 9.17) is 0 Å². The molecule has 1 aromatic carbocycles. The molecule has 0 unspecified atom stereocenters. The SMILES string of the molecule is CCC[Si]=Cc1ccccc1C. The summed E-state index contributed by atoms with van der Waals surface area (Å²) in [6.07, 6.45) is 1.29. The fourth-order valence-electron chi connectivity index (χ4n) is 1.08. The van der Waals surface area contributed by atoms with Crippen LogP contribution in [0.2, 0.25) is 6.04 Å². The third-order valence-electron chi connectivity index (χ3n) is 1.84. The monoisotopic (exact) mass is 175 g/mol. The summed E-state index contributed by atoms with van der Waals surface area (Å²) in [5.41, 5.74) is 5.16. The van der Waals surface area contributed by atoms with Gasteiger partial charge in [-0.1, -0.05) is 43.3 Å². The Morgan fingerprint density at radius 1 is 1.33 bits per heavy atom. The molecule has 0 amide bonds. The van der Waals surface area contributed by atoms with Crippen LogP contribution in [0.25, 0.3) is 0 Å². The average molecular weight is 175 g/mol. The lowest BCUT2D eigenvalue weighted by Gasteiger charge is -1.97. The minimum Gasteiger partial charge on any atom is -0.0739 e. The molecule has 0 saturated heterocycles. The Bertz CT molecular complexity index is 263. The first-order chi connectivity index (χ1) is 5.84. The third-order valence-corrected chi connectivity index (χ3v) is 3.14. The van der Waals surface area contributed by atoms with Crippen LogP contribution < -0.4 is 0 Å². The molecule has 63 valence electrons. The topological polar surface area (TPSA) is 0 Å². The summed E-state index contributed by atoms with van der Waals surface area (Å²) in [7, 11) is 0.981. The zero-order valence-corrected chi connectivity index (χ0v) is 8.80. The van der Waals surface area contributed by atoms with E-state index in [1.54, 1.807) is 0 Å². The Balaban J connectivity index is 2.68. The maximum Gasteiger partial charge on any atom is 0.0200 e. The van der Waals surface area contributed by atoms with Crippen molar-refractivity contribution in [3.8, 4) is 0 Å². The van der Waals surface area contributed by atoms with E-state index in [2.05, 4.69) is 43.8 Å². The Morgan fingerprint density at radius 2 is 2.08 bits per heavy atom. The van der Waals surface area contributed by atoms with E-state index in [1.165, 1.54) is 23.6 Å². The van der Waals surface area contributed by atoms with Gasteiger partial charge in [-0.2, -0.15) is 0 Å². The van der Waals surface area contributed by atoms with Crippen LogP contribution in [0.15, 0.2) is 24.3 Å². The molecule has 0 bridgehead atoms. The number of aryl methyl sites for hydroxylation is 1. The molecule has 0 aliphatic heterocycles. The van der Waals surface area contributed by atoms with E-state index < -0.39 is 0 Å². The van der Waals surface area contributed by atoms with E-state index in [-0.39, 0.29) is 0 Å². The highest BCUT2D eigenvalue weighted by Gasteiger charge is 1.89. The smallest absolute Gasteiger partial charge is 0.0200 e. The third kappa shape index (κ3) is 2.74. The van der Waals surface area contributed by atoms with Gasteiger partial charge in [0.2, 0.25) is 0 Å². The lowest BCUT2D eigenvalue weighted by atomic mass is 10.1. The molecule has 0 aromatic heterocycles. The molecule has 0 aliphatic rings. The van der Waals surface area contributed by atoms with Crippen LogP contribution in [0.5, 0.6) is 0 Å². The largest absolute Gasteiger partial charge is 0.0739 e. The van der Waals surface area contributed by atoms with Gasteiger partial charge in [-0.15, -0.1) is 0 Å². The van der Waals surface area contributed by atoms with Crippen LogP contribution in [0.3, 0.4) is 0 Å². The van der Waals surface area contributed by atoms with Crippen molar-refractivity contribution in [2.75, 3.05) is 0 Å². The molecule has 1 aromatic rings. The molecule has 0 atom stereocenters. The second-order valence-corrected chi connectivity index (χ2v) is 4.15. The molecule has 1 radical (unpaired) electrons. The first-order valence-electron chi connectivity index (χ1n) is 4.47. The van der Waals surface area contributed by atoms with Gasteiger partial charge < -0.3 is 0 Å². The summed E-state index contributed by atoms with van der Waals surface area (Å²) in [6.45, 7) is 4.40. The zero-order chi connectivity index (χ0) is 8.81. The Morgan fingerprint density at radius 3 is 2.75 bits per heavy atom. The van der Waals surface area contributed by atoms with Crippen molar-refractivity contribution in [3.05, 3.63) is 35.4 Å². The predicted molar refractivity (Wildman–Crippen MR) is 57.2 cm³/mol. The van der Waals surface area contributed by atoms with Gasteiger partial charge in [0.1, 0.15) is 0 Å². The lowest BCUT2D eigenvalue weighted by Crippen LogP contribution is -1.90. The van der Waals surface area contributed by atoms with Gasteiger partial charge in [0.25, 0.3) is 0 Å². The van der Waals surface area contributed by atoms with E-state index in [0.29, 0.717) is 0 Å². The average Bonchev–Trinajstić information content (AvgIpc) is 2.09. The van der Waals surface area contributed by atoms with Crippen LogP contribution in [-0.4, -0.2) is 14.8 Å². The minimum atomic E-state index is 0.981. The molecule has 0 fully saturated rings. The molecule has 1 rings (SSSR count). The van der Waals surface area contributed by atoms with Crippen molar-refractivity contribution in [1.82, 2.24) is 0 Å². The van der Waals surface area contributed by atoms with Crippen molar-refractivity contribution < 1.29 is 0 Å². The Labute approximate surface area is 77.1 Å². The van der Waals surface area contributed by atoms with Crippen LogP contribution >= 0.6 is 0 Å².